The van der Waals surface area contributed by atoms with Gasteiger partial charge in [0.05, 0.1) is 11.4 Å². The van der Waals surface area contributed by atoms with Crippen LogP contribution in [0.5, 0.6) is 0 Å². The van der Waals surface area contributed by atoms with Gasteiger partial charge >= 0.3 is 0 Å². The van der Waals surface area contributed by atoms with Crippen LogP contribution in [0.15, 0.2) is 24.3 Å². The molecule has 0 bridgehead atoms. The first-order valence-corrected chi connectivity index (χ1v) is 8.85. The van der Waals surface area contributed by atoms with Crippen LogP contribution in [0.1, 0.15) is 38.2 Å². The van der Waals surface area contributed by atoms with Crippen LogP contribution in [0.3, 0.4) is 0 Å². The molecule has 0 aliphatic carbocycles. The second-order valence-corrected chi connectivity index (χ2v) is 7.33. The van der Waals surface area contributed by atoms with Crippen LogP contribution in [0.25, 0.3) is 0 Å². The minimum Gasteiger partial charge on any atom is -0.332 e. The van der Waals surface area contributed by atoms with E-state index in [4.69, 9.17) is 0 Å². The standard InChI is InChI=1S/C19H24N2O2S/c1-6-15-10-17(24-14(15)4)19(23)21(5)11-18(22)20-16-9-12(2)7-8-13(16)3/h7-10H,6,11H2,1-5H3,(H,20,22). The van der Waals surface area contributed by atoms with E-state index in [1.165, 1.54) is 21.8 Å². The van der Waals surface area contributed by atoms with Crippen LogP contribution in [0, 0.1) is 20.8 Å². The van der Waals surface area contributed by atoms with Crippen molar-refractivity contribution in [2.24, 2.45) is 0 Å². The first kappa shape index (κ1) is 18.2. The predicted octanol–water partition coefficient (Wildman–Crippen LogP) is 3.95. The molecule has 2 aromatic rings. The summed E-state index contributed by atoms with van der Waals surface area (Å²) in [4.78, 5) is 28.1. The maximum Gasteiger partial charge on any atom is 0.264 e. The molecule has 0 saturated heterocycles. The third-order valence-corrected chi connectivity index (χ3v) is 5.09. The Bertz CT molecular complexity index is 765. The van der Waals surface area contributed by atoms with Gasteiger partial charge in [0.15, 0.2) is 0 Å². The van der Waals surface area contributed by atoms with E-state index in [0.717, 1.165) is 28.1 Å². The maximum atomic E-state index is 12.5. The van der Waals surface area contributed by atoms with Crippen molar-refractivity contribution in [3.63, 3.8) is 0 Å². The van der Waals surface area contributed by atoms with E-state index < -0.39 is 0 Å². The molecule has 0 aliphatic rings. The van der Waals surface area contributed by atoms with E-state index in [9.17, 15) is 9.59 Å². The molecule has 1 aromatic heterocycles. The van der Waals surface area contributed by atoms with Crippen molar-refractivity contribution >= 4 is 28.8 Å². The Kier molecular flexibility index (Phi) is 5.78. The topological polar surface area (TPSA) is 49.4 Å². The van der Waals surface area contributed by atoms with Crippen LogP contribution in [0.4, 0.5) is 5.69 Å². The summed E-state index contributed by atoms with van der Waals surface area (Å²) in [5, 5.41) is 2.89. The van der Waals surface area contributed by atoms with E-state index >= 15 is 0 Å². The monoisotopic (exact) mass is 344 g/mol. The smallest absolute Gasteiger partial charge is 0.264 e. The van der Waals surface area contributed by atoms with Gasteiger partial charge in [-0.15, -0.1) is 11.3 Å². The summed E-state index contributed by atoms with van der Waals surface area (Å²) in [5.74, 6) is -0.303. The lowest BCUT2D eigenvalue weighted by Crippen LogP contribution is -2.34. The Morgan fingerprint density at radius 3 is 2.50 bits per heavy atom. The average Bonchev–Trinajstić information content (AvgIpc) is 2.91. The predicted molar refractivity (Wildman–Crippen MR) is 99.9 cm³/mol. The summed E-state index contributed by atoms with van der Waals surface area (Å²) in [7, 11) is 1.66. The number of carbonyl (C=O) groups is 2. The Morgan fingerprint density at radius 1 is 1.17 bits per heavy atom. The van der Waals surface area contributed by atoms with E-state index in [1.54, 1.807) is 7.05 Å². The van der Waals surface area contributed by atoms with Crippen molar-refractivity contribution in [3.8, 4) is 0 Å². The fourth-order valence-corrected chi connectivity index (χ4v) is 3.62. The number of aryl methyl sites for hydroxylation is 4. The van der Waals surface area contributed by atoms with Gasteiger partial charge in [-0.1, -0.05) is 19.1 Å². The molecule has 1 aromatic carbocycles. The SMILES string of the molecule is CCc1cc(C(=O)N(C)CC(=O)Nc2cc(C)ccc2C)sc1C. The number of hydrogen-bond acceptors (Lipinski definition) is 3. The zero-order valence-electron chi connectivity index (χ0n) is 14.9. The summed E-state index contributed by atoms with van der Waals surface area (Å²) in [6.07, 6.45) is 0.909. The van der Waals surface area contributed by atoms with Crippen molar-refractivity contribution in [1.29, 1.82) is 0 Å². The fourth-order valence-electron chi connectivity index (χ4n) is 2.51. The third-order valence-electron chi connectivity index (χ3n) is 4.01. The van der Waals surface area contributed by atoms with Crippen LogP contribution in [0.2, 0.25) is 0 Å². The second-order valence-electron chi connectivity index (χ2n) is 6.07. The van der Waals surface area contributed by atoms with Crippen LogP contribution < -0.4 is 5.32 Å². The van der Waals surface area contributed by atoms with E-state index in [2.05, 4.69) is 12.2 Å². The number of carbonyl (C=O) groups excluding carboxylic acids is 2. The van der Waals surface area contributed by atoms with Crippen LogP contribution >= 0.6 is 11.3 Å². The summed E-state index contributed by atoms with van der Waals surface area (Å²) in [6.45, 7) is 8.06. The number of anilines is 1. The largest absolute Gasteiger partial charge is 0.332 e. The first-order valence-electron chi connectivity index (χ1n) is 8.03. The zero-order valence-corrected chi connectivity index (χ0v) is 15.7. The number of hydrogen-bond donors (Lipinski definition) is 1. The van der Waals surface area contributed by atoms with E-state index in [0.29, 0.717) is 4.88 Å². The lowest BCUT2D eigenvalue weighted by Gasteiger charge is -2.16. The summed E-state index contributed by atoms with van der Waals surface area (Å²) >= 11 is 1.49. The molecule has 2 amide bonds. The molecular weight excluding hydrogens is 320 g/mol. The average molecular weight is 344 g/mol. The van der Waals surface area contributed by atoms with Crippen molar-refractivity contribution in [3.05, 3.63) is 50.7 Å². The van der Waals surface area contributed by atoms with Gasteiger partial charge < -0.3 is 10.2 Å². The number of rotatable bonds is 5. The summed E-state index contributed by atoms with van der Waals surface area (Å²) < 4.78 is 0. The van der Waals surface area contributed by atoms with Crippen LogP contribution in [-0.2, 0) is 11.2 Å². The number of likely N-dealkylation sites (N-methyl/N-ethyl adjacent to an activating group) is 1. The highest BCUT2D eigenvalue weighted by molar-refractivity contribution is 7.14. The van der Waals surface area contributed by atoms with E-state index in [1.807, 2.05) is 45.0 Å². The minimum absolute atomic E-state index is 0.0324. The van der Waals surface area contributed by atoms with Gasteiger partial charge in [-0.25, -0.2) is 0 Å². The molecule has 5 heteroatoms. The highest BCUT2D eigenvalue weighted by atomic mass is 32.1. The molecule has 1 heterocycles. The molecule has 4 nitrogen and oxygen atoms in total. The fraction of sp³-hybridized carbons (Fsp3) is 0.368. The molecule has 0 fully saturated rings. The number of nitrogens with zero attached hydrogens (tertiary/aromatic N) is 1. The normalized spacial score (nSPS) is 10.5. The van der Waals surface area contributed by atoms with Crippen LogP contribution in [-0.4, -0.2) is 30.3 Å². The lowest BCUT2D eigenvalue weighted by molar-refractivity contribution is -0.116. The Hall–Kier alpha value is -2.14. The number of benzene rings is 1. The van der Waals surface area contributed by atoms with Gasteiger partial charge in [0.2, 0.25) is 5.91 Å². The molecule has 128 valence electrons. The highest BCUT2D eigenvalue weighted by Gasteiger charge is 2.18. The highest BCUT2D eigenvalue weighted by Crippen LogP contribution is 2.23. The quantitative estimate of drug-likeness (QED) is 0.893. The zero-order chi connectivity index (χ0) is 17.9. The molecule has 0 aliphatic heterocycles. The van der Waals surface area contributed by atoms with Gasteiger partial charge in [-0.2, -0.15) is 0 Å². The number of nitrogens with one attached hydrogen (secondary N) is 1. The number of thiophene rings is 1. The molecule has 0 radical (unpaired) electrons. The minimum atomic E-state index is -0.191. The second kappa shape index (κ2) is 7.62. The molecule has 0 spiro atoms. The van der Waals surface area contributed by atoms with Gasteiger partial charge in [-0.05, 0) is 56.0 Å². The Balaban J connectivity index is 2.02. The van der Waals surface area contributed by atoms with Crippen molar-refractivity contribution in [2.45, 2.75) is 34.1 Å². The van der Waals surface area contributed by atoms with Gasteiger partial charge in [0.1, 0.15) is 0 Å². The Morgan fingerprint density at radius 2 is 1.88 bits per heavy atom. The summed E-state index contributed by atoms with van der Waals surface area (Å²) in [5.41, 5.74) is 4.07. The summed E-state index contributed by atoms with van der Waals surface area (Å²) in [6, 6.07) is 7.85. The molecule has 0 unspecified atom stereocenters. The lowest BCUT2D eigenvalue weighted by atomic mass is 10.1. The van der Waals surface area contributed by atoms with Gasteiger partial charge in [0.25, 0.3) is 5.91 Å². The van der Waals surface area contributed by atoms with Gasteiger partial charge in [0, 0.05) is 17.6 Å². The molecule has 1 N–H and O–H groups in total. The first-order chi connectivity index (χ1) is 11.3. The van der Waals surface area contributed by atoms with Crippen molar-refractivity contribution in [1.82, 2.24) is 4.90 Å². The van der Waals surface area contributed by atoms with E-state index in [-0.39, 0.29) is 18.4 Å². The molecule has 0 atom stereocenters. The molecular formula is C19H24N2O2S. The molecule has 24 heavy (non-hydrogen) atoms. The third kappa shape index (κ3) is 4.23. The Labute approximate surface area is 147 Å². The number of amides is 2. The molecule has 2 rings (SSSR count). The molecule has 0 saturated carbocycles. The van der Waals surface area contributed by atoms with Crippen molar-refractivity contribution < 1.29 is 9.59 Å². The maximum absolute atomic E-state index is 12.5. The van der Waals surface area contributed by atoms with Gasteiger partial charge in [-0.3, -0.25) is 9.59 Å². The van der Waals surface area contributed by atoms with Crippen molar-refractivity contribution in [2.75, 3.05) is 18.9 Å².